The summed E-state index contributed by atoms with van der Waals surface area (Å²) >= 11 is 0. The molecule has 2 heteroatoms. The van der Waals surface area contributed by atoms with E-state index in [9.17, 15) is 0 Å². The molecule has 0 saturated carbocycles. The second kappa shape index (κ2) is 9.29. The molecule has 0 aliphatic rings. The molecule has 0 fully saturated rings. The molecular weight excluding hydrogens is 328 g/mol. The van der Waals surface area contributed by atoms with Crippen molar-refractivity contribution < 1.29 is 4.74 Å². The van der Waals surface area contributed by atoms with Gasteiger partial charge in [0.05, 0.1) is 6.61 Å². The minimum atomic E-state index is 0. The first-order chi connectivity index (χ1) is 11.3. The fourth-order valence-corrected chi connectivity index (χ4v) is 3.54. The molecule has 0 aromatic heterocycles. The molecule has 0 bridgehead atoms. The van der Waals surface area contributed by atoms with Gasteiger partial charge in [0.25, 0.3) is 0 Å². The van der Waals surface area contributed by atoms with Crippen LogP contribution in [0.2, 0.25) is 0 Å². The lowest BCUT2D eigenvalue weighted by Gasteiger charge is -2.33. The Morgan fingerprint density at radius 1 is 0.800 bits per heavy atom. The van der Waals surface area contributed by atoms with Crippen LogP contribution in [-0.4, -0.2) is 6.61 Å². The molecule has 0 unspecified atom stereocenters. The average molecular weight is 361 g/mol. The quantitative estimate of drug-likeness (QED) is 0.491. The van der Waals surface area contributed by atoms with Crippen LogP contribution in [0, 0.1) is 5.41 Å². The van der Waals surface area contributed by atoms with Crippen molar-refractivity contribution >= 4 is 12.4 Å². The lowest BCUT2D eigenvalue weighted by molar-refractivity contribution is 0.283. The molecule has 1 nitrogen and oxygen atoms in total. The minimum absolute atomic E-state index is 0. The molecule has 0 N–H and O–H groups in total. The van der Waals surface area contributed by atoms with Gasteiger partial charge in [-0.05, 0) is 53.4 Å². The van der Waals surface area contributed by atoms with E-state index >= 15 is 0 Å². The number of halogens is 1. The van der Waals surface area contributed by atoms with Gasteiger partial charge in [0.2, 0.25) is 0 Å². The van der Waals surface area contributed by atoms with Crippen molar-refractivity contribution in [3.63, 3.8) is 0 Å². The Balaban J connectivity index is 0.00000312. The van der Waals surface area contributed by atoms with Gasteiger partial charge in [-0.25, -0.2) is 0 Å². The molecular formula is C23H33ClO. The standard InChI is InChI=1S/C23H32O.ClH/c1-22(2,3)18-23(4,5)20-13-15-21(16-14-20)24-17-9-12-19-10-7-6-8-11-19;/h6-8,10-11,13-16H,9,12,17-18H2,1-5H3;1H. The summed E-state index contributed by atoms with van der Waals surface area (Å²) in [6.45, 7) is 12.3. The van der Waals surface area contributed by atoms with Crippen LogP contribution in [0.1, 0.15) is 58.6 Å². The first-order valence-corrected chi connectivity index (χ1v) is 9.04. The van der Waals surface area contributed by atoms with Gasteiger partial charge in [-0.3, -0.25) is 0 Å². The topological polar surface area (TPSA) is 9.23 Å². The molecule has 0 amide bonds. The summed E-state index contributed by atoms with van der Waals surface area (Å²) in [5.41, 5.74) is 3.27. The van der Waals surface area contributed by atoms with E-state index in [-0.39, 0.29) is 17.8 Å². The Bertz CT molecular complexity index is 609. The lowest BCUT2D eigenvalue weighted by atomic mass is 9.72. The Kier molecular flexibility index (Phi) is 8.02. The second-order valence-electron chi connectivity index (χ2n) is 8.58. The Morgan fingerprint density at radius 3 is 1.96 bits per heavy atom. The summed E-state index contributed by atoms with van der Waals surface area (Å²) < 4.78 is 5.90. The van der Waals surface area contributed by atoms with Crippen LogP contribution in [-0.2, 0) is 11.8 Å². The van der Waals surface area contributed by atoms with Crippen molar-refractivity contribution in [1.29, 1.82) is 0 Å². The zero-order chi connectivity index (χ0) is 17.6. The van der Waals surface area contributed by atoms with Crippen LogP contribution in [0.5, 0.6) is 5.75 Å². The summed E-state index contributed by atoms with van der Waals surface area (Å²) in [6.07, 6.45) is 3.27. The van der Waals surface area contributed by atoms with Crippen molar-refractivity contribution in [1.82, 2.24) is 0 Å². The number of benzene rings is 2. The number of hydrogen-bond donors (Lipinski definition) is 0. The molecule has 0 aliphatic carbocycles. The third kappa shape index (κ3) is 7.52. The van der Waals surface area contributed by atoms with Crippen molar-refractivity contribution in [3.05, 3.63) is 65.7 Å². The minimum Gasteiger partial charge on any atom is -0.494 e. The van der Waals surface area contributed by atoms with E-state index in [0.29, 0.717) is 5.41 Å². The Labute approximate surface area is 160 Å². The maximum atomic E-state index is 5.90. The van der Waals surface area contributed by atoms with Gasteiger partial charge >= 0.3 is 0 Å². The smallest absolute Gasteiger partial charge is 0.119 e. The number of rotatable bonds is 7. The molecule has 0 heterocycles. The van der Waals surface area contributed by atoms with Gasteiger partial charge in [-0.15, -0.1) is 12.4 Å². The molecule has 2 aromatic rings. The molecule has 2 aromatic carbocycles. The molecule has 138 valence electrons. The van der Waals surface area contributed by atoms with Crippen LogP contribution in [0.4, 0.5) is 0 Å². The first kappa shape index (κ1) is 21.6. The molecule has 2 rings (SSSR count). The monoisotopic (exact) mass is 360 g/mol. The van der Waals surface area contributed by atoms with Gasteiger partial charge in [-0.2, -0.15) is 0 Å². The molecule has 0 atom stereocenters. The number of hydrogen-bond acceptors (Lipinski definition) is 1. The first-order valence-electron chi connectivity index (χ1n) is 9.04. The van der Waals surface area contributed by atoms with Crippen LogP contribution in [0.25, 0.3) is 0 Å². The highest BCUT2D eigenvalue weighted by Crippen LogP contribution is 2.36. The zero-order valence-electron chi connectivity index (χ0n) is 16.3. The predicted molar refractivity (Wildman–Crippen MR) is 111 cm³/mol. The summed E-state index contributed by atoms with van der Waals surface area (Å²) in [5.74, 6) is 0.971. The van der Waals surface area contributed by atoms with Crippen LogP contribution >= 0.6 is 12.4 Å². The Morgan fingerprint density at radius 2 is 1.40 bits per heavy atom. The van der Waals surface area contributed by atoms with Crippen molar-refractivity contribution in [2.75, 3.05) is 6.61 Å². The van der Waals surface area contributed by atoms with Gasteiger partial charge < -0.3 is 4.74 Å². The Hall–Kier alpha value is -1.47. The summed E-state index contributed by atoms with van der Waals surface area (Å²) in [7, 11) is 0. The molecule has 0 radical (unpaired) electrons. The normalized spacial score (nSPS) is 11.7. The maximum Gasteiger partial charge on any atom is 0.119 e. The number of ether oxygens (including phenoxy) is 1. The highest BCUT2D eigenvalue weighted by molar-refractivity contribution is 5.85. The zero-order valence-corrected chi connectivity index (χ0v) is 17.2. The summed E-state index contributed by atoms with van der Waals surface area (Å²) in [4.78, 5) is 0. The van der Waals surface area contributed by atoms with Gasteiger partial charge in [0.1, 0.15) is 5.75 Å². The molecule has 0 spiro atoms. The highest BCUT2D eigenvalue weighted by atomic mass is 35.5. The molecule has 0 saturated heterocycles. The van der Waals surface area contributed by atoms with Crippen LogP contribution in [0.15, 0.2) is 54.6 Å². The fourth-order valence-electron chi connectivity index (χ4n) is 3.54. The second-order valence-corrected chi connectivity index (χ2v) is 8.58. The molecule has 25 heavy (non-hydrogen) atoms. The highest BCUT2D eigenvalue weighted by Gasteiger charge is 2.27. The third-order valence-corrected chi connectivity index (χ3v) is 4.33. The van der Waals surface area contributed by atoms with Crippen molar-refractivity contribution in [2.45, 2.75) is 59.3 Å². The van der Waals surface area contributed by atoms with Gasteiger partial charge in [0.15, 0.2) is 0 Å². The molecule has 0 aliphatic heterocycles. The largest absolute Gasteiger partial charge is 0.494 e. The summed E-state index contributed by atoms with van der Waals surface area (Å²) in [5, 5.41) is 0. The lowest BCUT2D eigenvalue weighted by Crippen LogP contribution is -2.24. The fraction of sp³-hybridized carbons (Fsp3) is 0.478. The van der Waals surface area contributed by atoms with Crippen molar-refractivity contribution in [2.24, 2.45) is 5.41 Å². The SMILES string of the molecule is CC(C)(C)CC(C)(C)c1ccc(OCCCc2ccccc2)cc1.Cl. The van der Waals surface area contributed by atoms with Crippen LogP contribution in [0.3, 0.4) is 0 Å². The summed E-state index contributed by atoms with van der Waals surface area (Å²) in [6, 6.07) is 19.3. The van der Waals surface area contributed by atoms with Crippen molar-refractivity contribution in [3.8, 4) is 5.75 Å². The van der Waals surface area contributed by atoms with Gasteiger partial charge in [0, 0.05) is 0 Å². The van der Waals surface area contributed by atoms with Crippen LogP contribution < -0.4 is 4.74 Å². The predicted octanol–water partition coefficient (Wildman–Crippen LogP) is 6.83. The maximum absolute atomic E-state index is 5.90. The van der Waals surface area contributed by atoms with E-state index in [4.69, 9.17) is 4.74 Å². The van der Waals surface area contributed by atoms with E-state index in [0.717, 1.165) is 31.6 Å². The van der Waals surface area contributed by atoms with E-state index in [1.807, 2.05) is 0 Å². The van der Waals surface area contributed by atoms with E-state index in [1.165, 1.54) is 11.1 Å². The van der Waals surface area contributed by atoms with Gasteiger partial charge in [-0.1, -0.05) is 77.1 Å². The van der Waals surface area contributed by atoms with E-state index in [2.05, 4.69) is 89.2 Å². The third-order valence-electron chi connectivity index (χ3n) is 4.33. The van der Waals surface area contributed by atoms with E-state index in [1.54, 1.807) is 0 Å². The average Bonchev–Trinajstić information content (AvgIpc) is 2.51. The van der Waals surface area contributed by atoms with E-state index < -0.39 is 0 Å². The number of aryl methyl sites for hydroxylation is 1.